The molecule has 2 rings (SSSR count). The van der Waals surface area contributed by atoms with Gasteiger partial charge in [0.25, 0.3) is 5.91 Å². The summed E-state index contributed by atoms with van der Waals surface area (Å²) in [6.07, 6.45) is 1.73. The van der Waals surface area contributed by atoms with E-state index in [1.54, 1.807) is 17.8 Å². The molecule has 7 nitrogen and oxygen atoms in total. The number of hydrogen-bond acceptors (Lipinski definition) is 4. The van der Waals surface area contributed by atoms with Crippen molar-refractivity contribution < 1.29 is 13.2 Å². The Morgan fingerprint density at radius 1 is 1.26 bits per heavy atom. The Kier molecular flexibility index (Phi) is 6.78. The summed E-state index contributed by atoms with van der Waals surface area (Å²) in [6.45, 7) is 8.32. The first-order valence-electron chi connectivity index (χ1n) is 9.10. The van der Waals surface area contributed by atoms with Crippen LogP contribution in [0.4, 0.5) is 5.82 Å². The zero-order valence-electron chi connectivity index (χ0n) is 16.6. The largest absolute Gasteiger partial charge is 0.307 e. The molecular formula is C19H28N4O3S. The second-order valence-electron chi connectivity index (χ2n) is 6.87. The Morgan fingerprint density at radius 3 is 2.44 bits per heavy atom. The third kappa shape index (κ3) is 4.95. The fraction of sp³-hybridized carbons (Fsp3) is 0.474. The normalized spacial score (nSPS) is 12.0. The predicted molar refractivity (Wildman–Crippen MR) is 106 cm³/mol. The van der Waals surface area contributed by atoms with Gasteiger partial charge in [-0.25, -0.2) is 17.4 Å². The van der Waals surface area contributed by atoms with Gasteiger partial charge in [0.05, 0.1) is 10.6 Å². The Hall–Kier alpha value is -2.19. The van der Waals surface area contributed by atoms with Crippen LogP contribution in [0.1, 0.15) is 55.7 Å². The maximum absolute atomic E-state index is 12.5. The lowest BCUT2D eigenvalue weighted by Gasteiger charge is -2.17. The van der Waals surface area contributed by atoms with Gasteiger partial charge >= 0.3 is 0 Å². The molecule has 0 saturated carbocycles. The van der Waals surface area contributed by atoms with E-state index in [0.717, 1.165) is 18.5 Å². The summed E-state index contributed by atoms with van der Waals surface area (Å²) in [5, 5.41) is 7.20. The fourth-order valence-corrected chi connectivity index (χ4v) is 3.86. The molecule has 0 spiro atoms. The smallest absolute Gasteiger partial charge is 0.256 e. The second-order valence-corrected chi connectivity index (χ2v) is 8.91. The topological polar surface area (TPSA) is 84.3 Å². The molecule has 0 unspecified atom stereocenters. The standard InChI is InChI=1S/C19H28N4O3S/c1-6-7-12-22(5)27(25,26)17-10-8-16(9-11-17)19(24)20-18-13-15(4)21-23(18)14(2)3/h8-11,13-14H,6-7,12H2,1-5H3,(H,20,24). The van der Waals surface area contributed by atoms with Gasteiger partial charge in [-0.2, -0.15) is 5.10 Å². The molecule has 0 saturated heterocycles. The Bertz CT molecular complexity index is 886. The molecule has 1 N–H and O–H groups in total. The molecule has 8 heteroatoms. The maximum atomic E-state index is 12.5. The quantitative estimate of drug-likeness (QED) is 0.746. The fourth-order valence-electron chi connectivity index (χ4n) is 2.65. The number of carbonyl (C=O) groups is 1. The lowest BCUT2D eigenvalue weighted by Crippen LogP contribution is -2.28. The number of benzene rings is 1. The second kappa shape index (κ2) is 8.67. The first-order valence-corrected chi connectivity index (χ1v) is 10.5. The third-order valence-electron chi connectivity index (χ3n) is 4.24. The minimum atomic E-state index is -3.54. The van der Waals surface area contributed by atoms with Crippen LogP contribution in [0.3, 0.4) is 0 Å². The van der Waals surface area contributed by atoms with E-state index in [0.29, 0.717) is 17.9 Å². The van der Waals surface area contributed by atoms with E-state index in [9.17, 15) is 13.2 Å². The highest BCUT2D eigenvalue weighted by molar-refractivity contribution is 7.89. The van der Waals surface area contributed by atoms with E-state index in [1.165, 1.54) is 28.6 Å². The number of anilines is 1. The lowest BCUT2D eigenvalue weighted by atomic mass is 10.2. The van der Waals surface area contributed by atoms with Gasteiger partial charge in [0.1, 0.15) is 5.82 Å². The summed E-state index contributed by atoms with van der Waals surface area (Å²) in [5.41, 5.74) is 1.20. The van der Waals surface area contributed by atoms with E-state index in [4.69, 9.17) is 0 Å². The van der Waals surface area contributed by atoms with Crippen LogP contribution < -0.4 is 5.32 Å². The summed E-state index contributed by atoms with van der Waals surface area (Å²) in [5.74, 6) is 0.309. The molecule has 148 valence electrons. The molecule has 0 radical (unpaired) electrons. The maximum Gasteiger partial charge on any atom is 0.256 e. The van der Waals surface area contributed by atoms with E-state index < -0.39 is 10.0 Å². The zero-order chi connectivity index (χ0) is 20.2. The van der Waals surface area contributed by atoms with Gasteiger partial charge in [-0.1, -0.05) is 13.3 Å². The SMILES string of the molecule is CCCCN(C)S(=O)(=O)c1ccc(C(=O)Nc2cc(C)nn2C(C)C)cc1. The van der Waals surface area contributed by atoms with Crippen molar-refractivity contribution in [2.75, 3.05) is 18.9 Å². The minimum Gasteiger partial charge on any atom is -0.307 e. The summed E-state index contributed by atoms with van der Waals surface area (Å²) < 4.78 is 28.2. The van der Waals surface area contributed by atoms with Crippen molar-refractivity contribution in [3.05, 3.63) is 41.6 Å². The molecule has 0 aliphatic carbocycles. The highest BCUT2D eigenvalue weighted by Crippen LogP contribution is 2.19. The van der Waals surface area contributed by atoms with Gasteiger partial charge in [-0.05, 0) is 51.5 Å². The van der Waals surface area contributed by atoms with Crippen molar-refractivity contribution in [3.8, 4) is 0 Å². The molecule has 0 bridgehead atoms. The van der Waals surface area contributed by atoms with Crippen LogP contribution in [-0.2, 0) is 10.0 Å². The van der Waals surface area contributed by atoms with Gasteiger partial charge in [-0.3, -0.25) is 4.79 Å². The van der Waals surface area contributed by atoms with Crippen LogP contribution in [0, 0.1) is 6.92 Å². The van der Waals surface area contributed by atoms with Crippen LogP contribution in [0.5, 0.6) is 0 Å². The number of sulfonamides is 1. The first-order chi connectivity index (χ1) is 12.7. The van der Waals surface area contributed by atoms with Gasteiger partial charge in [-0.15, -0.1) is 0 Å². The average molecular weight is 393 g/mol. The number of aryl methyl sites for hydroxylation is 1. The molecule has 27 heavy (non-hydrogen) atoms. The Morgan fingerprint density at radius 2 is 1.89 bits per heavy atom. The highest BCUT2D eigenvalue weighted by Gasteiger charge is 2.21. The van der Waals surface area contributed by atoms with E-state index >= 15 is 0 Å². The van der Waals surface area contributed by atoms with Crippen molar-refractivity contribution in [2.24, 2.45) is 0 Å². The summed E-state index contributed by atoms with van der Waals surface area (Å²) in [6, 6.07) is 7.91. The molecule has 0 fully saturated rings. The molecule has 1 heterocycles. The van der Waals surface area contributed by atoms with Crippen molar-refractivity contribution >= 4 is 21.7 Å². The van der Waals surface area contributed by atoms with Crippen LogP contribution in [0.15, 0.2) is 35.2 Å². The van der Waals surface area contributed by atoms with Gasteiger partial charge in [0.2, 0.25) is 10.0 Å². The molecule has 1 amide bonds. The number of amides is 1. The highest BCUT2D eigenvalue weighted by atomic mass is 32.2. The number of aromatic nitrogens is 2. The summed E-state index contributed by atoms with van der Waals surface area (Å²) in [4.78, 5) is 12.7. The molecule has 1 aromatic heterocycles. The van der Waals surface area contributed by atoms with Crippen molar-refractivity contribution in [3.63, 3.8) is 0 Å². The van der Waals surface area contributed by atoms with Gasteiger partial charge in [0.15, 0.2) is 0 Å². The van der Waals surface area contributed by atoms with E-state index in [-0.39, 0.29) is 16.8 Å². The number of nitrogens with zero attached hydrogens (tertiary/aromatic N) is 3. The van der Waals surface area contributed by atoms with Crippen LogP contribution in [-0.4, -0.2) is 42.0 Å². The number of hydrogen-bond donors (Lipinski definition) is 1. The first kappa shape index (κ1) is 21.1. The van der Waals surface area contributed by atoms with Crippen LogP contribution in [0.2, 0.25) is 0 Å². The average Bonchev–Trinajstić information content (AvgIpc) is 3.00. The van der Waals surface area contributed by atoms with Crippen molar-refractivity contribution in [1.82, 2.24) is 14.1 Å². The minimum absolute atomic E-state index is 0.111. The number of unbranched alkanes of at least 4 members (excludes halogenated alkanes) is 1. The van der Waals surface area contributed by atoms with Crippen LogP contribution >= 0.6 is 0 Å². The summed E-state index contributed by atoms with van der Waals surface area (Å²) >= 11 is 0. The monoisotopic (exact) mass is 392 g/mol. The van der Waals surface area contributed by atoms with E-state index in [2.05, 4.69) is 10.4 Å². The predicted octanol–water partition coefficient (Wildman–Crippen LogP) is 3.45. The third-order valence-corrected chi connectivity index (χ3v) is 6.11. The zero-order valence-corrected chi connectivity index (χ0v) is 17.4. The number of nitrogens with one attached hydrogen (secondary N) is 1. The molecular weight excluding hydrogens is 364 g/mol. The van der Waals surface area contributed by atoms with Crippen molar-refractivity contribution in [2.45, 2.75) is 51.5 Å². The molecule has 0 aliphatic rings. The Labute approximate surface area is 161 Å². The van der Waals surface area contributed by atoms with Gasteiger partial charge in [0, 0.05) is 31.3 Å². The van der Waals surface area contributed by atoms with Crippen LogP contribution in [0.25, 0.3) is 0 Å². The molecule has 0 aliphatic heterocycles. The lowest BCUT2D eigenvalue weighted by molar-refractivity contribution is 0.102. The molecule has 1 aromatic carbocycles. The van der Waals surface area contributed by atoms with Crippen molar-refractivity contribution in [1.29, 1.82) is 0 Å². The van der Waals surface area contributed by atoms with Gasteiger partial charge < -0.3 is 5.32 Å². The van der Waals surface area contributed by atoms with E-state index in [1.807, 2.05) is 27.7 Å². The summed E-state index contributed by atoms with van der Waals surface area (Å²) in [7, 11) is -1.97. The Balaban J connectivity index is 2.16. The molecule has 2 aromatic rings. The molecule has 0 atom stereocenters. The number of rotatable bonds is 8. The number of carbonyl (C=O) groups excluding carboxylic acids is 1.